The lowest BCUT2D eigenvalue weighted by Crippen LogP contribution is -2.53. The van der Waals surface area contributed by atoms with E-state index in [4.69, 9.17) is 9.16 Å². The van der Waals surface area contributed by atoms with Crippen molar-refractivity contribution in [2.75, 3.05) is 6.54 Å². The third-order valence-corrected chi connectivity index (χ3v) is 8.79. The zero-order chi connectivity index (χ0) is 16.5. The molecule has 0 aromatic carbocycles. The third kappa shape index (κ3) is 5.29. The van der Waals surface area contributed by atoms with Gasteiger partial charge < -0.3 is 9.16 Å². The Morgan fingerprint density at radius 2 is 1.67 bits per heavy atom. The van der Waals surface area contributed by atoms with Crippen LogP contribution in [0.15, 0.2) is 0 Å². The number of piperidine rings is 1. The fourth-order valence-electron chi connectivity index (χ4n) is 2.07. The summed E-state index contributed by atoms with van der Waals surface area (Å²) in [7, 11) is -1.89. The molecule has 0 aromatic heterocycles. The first kappa shape index (κ1) is 18.5. The summed E-state index contributed by atoms with van der Waals surface area (Å²) in [5.41, 5.74) is -0.462. The van der Waals surface area contributed by atoms with Crippen LogP contribution in [0, 0.1) is 0 Å². The Labute approximate surface area is 131 Å². The van der Waals surface area contributed by atoms with Gasteiger partial charge in [-0.05, 0) is 58.2 Å². The minimum absolute atomic E-state index is 0.130. The van der Waals surface area contributed by atoms with Crippen molar-refractivity contribution in [1.29, 1.82) is 0 Å². The van der Waals surface area contributed by atoms with Crippen LogP contribution in [0.25, 0.3) is 0 Å². The van der Waals surface area contributed by atoms with Gasteiger partial charge in [-0.25, -0.2) is 4.79 Å². The molecule has 1 fully saturated rings. The molecule has 1 unspecified atom stereocenters. The third-order valence-electron chi connectivity index (χ3n) is 4.31. The van der Waals surface area contributed by atoms with Gasteiger partial charge in [-0.3, -0.25) is 4.90 Å². The molecule has 21 heavy (non-hydrogen) atoms. The summed E-state index contributed by atoms with van der Waals surface area (Å²) in [4.78, 5) is 14.2. The Morgan fingerprint density at radius 3 is 2.14 bits per heavy atom. The van der Waals surface area contributed by atoms with Crippen LogP contribution in [0.3, 0.4) is 0 Å². The van der Waals surface area contributed by atoms with E-state index in [0.717, 1.165) is 25.8 Å². The zero-order valence-corrected chi connectivity index (χ0v) is 16.1. The van der Waals surface area contributed by atoms with E-state index in [0.29, 0.717) is 0 Å². The van der Waals surface area contributed by atoms with Crippen molar-refractivity contribution in [3.8, 4) is 0 Å². The van der Waals surface area contributed by atoms with Gasteiger partial charge in [0, 0.05) is 6.54 Å². The molecule has 5 heteroatoms. The van der Waals surface area contributed by atoms with Crippen LogP contribution in [0.4, 0.5) is 4.79 Å². The van der Waals surface area contributed by atoms with Gasteiger partial charge in [-0.15, -0.1) is 0 Å². The van der Waals surface area contributed by atoms with Crippen molar-refractivity contribution < 1.29 is 14.0 Å². The average molecular weight is 316 g/mol. The molecular formula is C16H33NO3Si. The highest BCUT2D eigenvalue weighted by molar-refractivity contribution is 6.74. The molecule has 0 aromatic rings. The quantitative estimate of drug-likeness (QED) is 0.690. The van der Waals surface area contributed by atoms with Gasteiger partial charge in [-0.2, -0.15) is 0 Å². The van der Waals surface area contributed by atoms with Gasteiger partial charge in [0.15, 0.2) is 8.32 Å². The molecule has 1 amide bonds. The van der Waals surface area contributed by atoms with Crippen molar-refractivity contribution >= 4 is 14.4 Å². The van der Waals surface area contributed by atoms with Crippen molar-refractivity contribution in [2.24, 2.45) is 0 Å². The van der Waals surface area contributed by atoms with E-state index in [1.165, 1.54) is 0 Å². The molecule has 124 valence electrons. The molecule has 0 bridgehead atoms. The van der Waals surface area contributed by atoms with Crippen LogP contribution in [0.2, 0.25) is 18.1 Å². The van der Waals surface area contributed by atoms with E-state index in [1.807, 2.05) is 20.8 Å². The number of hydrogen-bond acceptors (Lipinski definition) is 3. The highest BCUT2D eigenvalue weighted by atomic mass is 28.4. The number of hydrogen-bond donors (Lipinski definition) is 0. The van der Waals surface area contributed by atoms with Crippen LogP contribution >= 0.6 is 0 Å². The van der Waals surface area contributed by atoms with Gasteiger partial charge in [0.25, 0.3) is 0 Å². The van der Waals surface area contributed by atoms with E-state index in [2.05, 4.69) is 33.9 Å². The number of nitrogens with zero attached hydrogens (tertiary/aromatic N) is 1. The SMILES string of the molecule is CC(C)(C)OC(=O)N1CCCCC1O[Si](C)(C)C(C)(C)C. The summed E-state index contributed by atoms with van der Waals surface area (Å²) in [6, 6.07) is 0. The topological polar surface area (TPSA) is 38.8 Å². The van der Waals surface area contributed by atoms with Gasteiger partial charge >= 0.3 is 6.09 Å². The van der Waals surface area contributed by atoms with Crippen molar-refractivity contribution in [2.45, 2.75) is 90.8 Å². The molecule has 1 aliphatic rings. The zero-order valence-electron chi connectivity index (χ0n) is 15.1. The summed E-state index contributed by atoms with van der Waals surface area (Å²) < 4.78 is 12.0. The lowest BCUT2D eigenvalue weighted by Gasteiger charge is -2.44. The monoisotopic (exact) mass is 315 g/mol. The molecule has 1 saturated heterocycles. The Morgan fingerprint density at radius 1 is 1.10 bits per heavy atom. The van der Waals surface area contributed by atoms with Crippen molar-refractivity contribution in [3.05, 3.63) is 0 Å². The molecule has 1 rings (SSSR count). The van der Waals surface area contributed by atoms with Crippen LogP contribution in [-0.4, -0.2) is 37.7 Å². The minimum atomic E-state index is -1.89. The van der Waals surface area contributed by atoms with Gasteiger partial charge in [-0.1, -0.05) is 20.8 Å². The van der Waals surface area contributed by atoms with Crippen molar-refractivity contribution in [1.82, 2.24) is 4.90 Å². The second-order valence-corrected chi connectivity index (χ2v) is 13.3. The fraction of sp³-hybridized carbons (Fsp3) is 0.938. The fourth-order valence-corrected chi connectivity index (χ4v) is 3.35. The average Bonchev–Trinajstić information content (AvgIpc) is 2.25. The number of carbonyl (C=O) groups is 1. The summed E-state index contributed by atoms with van der Waals surface area (Å²) >= 11 is 0. The van der Waals surface area contributed by atoms with Gasteiger partial charge in [0.2, 0.25) is 0 Å². The number of rotatable bonds is 2. The lowest BCUT2D eigenvalue weighted by atomic mass is 10.1. The standard InChI is InChI=1S/C16H33NO3Si/c1-15(2,3)19-14(18)17-12-10-9-11-13(17)20-21(7,8)16(4,5)6/h13H,9-12H2,1-8H3. The Bertz CT molecular complexity index is 369. The molecule has 0 saturated carbocycles. The number of amides is 1. The van der Waals surface area contributed by atoms with Crippen LogP contribution < -0.4 is 0 Å². The number of carbonyl (C=O) groups excluding carboxylic acids is 1. The maximum absolute atomic E-state index is 12.4. The Hall–Kier alpha value is -0.553. The molecule has 0 spiro atoms. The van der Waals surface area contributed by atoms with Gasteiger partial charge in [0.05, 0.1) is 0 Å². The summed E-state index contributed by atoms with van der Waals surface area (Å²) in [5.74, 6) is 0. The molecule has 1 atom stereocenters. The first-order valence-corrected chi connectivity index (χ1v) is 10.9. The van der Waals surface area contributed by atoms with E-state index < -0.39 is 13.9 Å². The Kier molecular flexibility index (Phi) is 5.54. The first-order chi connectivity index (χ1) is 9.33. The molecule has 1 heterocycles. The highest BCUT2D eigenvalue weighted by Gasteiger charge is 2.42. The number of likely N-dealkylation sites (tertiary alicyclic amines) is 1. The second-order valence-electron chi connectivity index (χ2n) is 8.50. The van der Waals surface area contributed by atoms with Crippen LogP contribution in [0.5, 0.6) is 0 Å². The van der Waals surface area contributed by atoms with Crippen LogP contribution in [0.1, 0.15) is 60.8 Å². The largest absolute Gasteiger partial charge is 0.444 e. The van der Waals surface area contributed by atoms with E-state index in [9.17, 15) is 4.79 Å². The molecule has 0 radical (unpaired) electrons. The molecule has 4 nitrogen and oxygen atoms in total. The maximum Gasteiger partial charge on any atom is 0.412 e. The second kappa shape index (κ2) is 6.29. The van der Waals surface area contributed by atoms with E-state index in [-0.39, 0.29) is 17.4 Å². The molecular weight excluding hydrogens is 282 g/mol. The maximum atomic E-state index is 12.4. The molecule has 1 aliphatic heterocycles. The predicted octanol–water partition coefficient (Wildman–Crippen LogP) is 4.76. The van der Waals surface area contributed by atoms with Gasteiger partial charge in [0.1, 0.15) is 11.8 Å². The van der Waals surface area contributed by atoms with Crippen molar-refractivity contribution in [3.63, 3.8) is 0 Å². The normalized spacial score (nSPS) is 21.3. The van der Waals surface area contributed by atoms with E-state index in [1.54, 1.807) is 4.90 Å². The summed E-state index contributed by atoms with van der Waals surface area (Å²) in [5, 5.41) is 0.143. The predicted molar refractivity (Wildman–Crippen MR) is 88.9 cm³/mol. The smallest absolute Gasteiger partial charge is 0.412 e. The first-order valence-electron chi connectivity index (χ1n) is 8.01. The minimum Gasteiger partial charge on any atom is -0.444 e. The molecule has 0 N–H and O–H groups in total. The summed E-state index contributed by atoms with van der Waals surface area (Å²) in [6.45, 7) is 17.6. The lowest BCUT2D eigenvalue weighted by molar-refractivity contribution is -0.0392. The highest BCUT2D eigenvalue weighted by Crippen LogP contribution is 2.38. The summed E-state index contributed by atoms with van der Waals surface area (Å²) in [6.07, 6.45) is 2.67. The molecule has 0 aliphatic carbocycles. The number of ether oxygens (including phenoxy) is 1. The van der Waals surface area contributed by atoms with Crippen LogP contribution in [-0.2, 0) is 9.16 Å². The Balaban J connectivity index is 2.81. The van der Waals surface area contributed by atoms with E-state index >= 15 is 0 Å².